The van der Waals surface area contributed by atoms with Crippen molar-refractivity contribution in [1.82, 2.24) is 4.98 Å². The van der Waals surface area contributed by atoms with E-state index in [2.05, 4.69) is 16.4 Å². The number of ether oxygens (including phenoxy) is 1. The SMILES string of the molecule is N[C@@H]1CCC[C@H]1CC(=O)Nc1cccc(-c2ccc3c(c2)CCO3)n1. The number of carbonyl (C=O) groups is 1. The van der Waals surface area contributed by atoms with E-state index in [1.54, 1.807) is 0 Å². The molecule has 0 bridgehead atoms. The van der Waals surface area contributed by atoms with Gasteiger partial charge in [-0.05, 0) is 54.7 Å². The second-order valence-electron chi connectivity index (χ2n) is 6.94. The van der Waals surface area contributed by atoms with Crippen molar-refractivity contribution in [3.63, 3.8) is 0 Å². The van der Waals surface area contributed by atoms with Crippen molar-refractivity contribution in [2.24, 2.45) is 11.7 Å². The molecule has 0 saturated heterocycles. The topological polar surface area (TPSA) is 77.2 Å². The van der Waals surface area contributed by atoms with Crippen LogP contribution in [0.1, 0.15) is 31.2 Å². The molecule has 3 N–H and O–H groups in total. The fraction of sp³-hybridized carbons (Fsp3) is 0.400. The highest BCUT2D eigenvalue weighted by Crippen LogP contribution is 2.30. The quantitative estimate of drug-likeness (QED) is 0.898. The number of hydrogen-bond acceptors (Lipinski definition) is 4. The molecule has 1 aromatic carbocycles. The average molecular weight is 337 g/mol. The highest BCUT2D eigenvalue weighted by Gasteiger charge is 2.26. The van der Waals surface area contributed by atoms with E-state index in [0.29, 0.717) is 18.2 Å². The normalized spacial score (nSPS) is 21.6. The van der Waals surface area contributed by atoms with Crippen molar-refractivity contribution in [3.05, 3.63) is 42.0 Å². The van der Waals surface area contributed by atoms with Crippen LogP contribution in [-0.4, -0.2) is 23.5 Å². The van der Waals surface area contributed by atoms with Gasteiger partial charge in [-0.25, -0.2) is 4.98 Å². The molecule has 0 spiro atoms. The zero-order chi connectivity index (χ0) is 17.2. The summed E-state index contributed by atoms with van der Waals surface area (Å²) in [6.07, 6.45) is 4.59. The summed E-state index contributed by atoms with van der Waals surface area (Å²) >= 11 is 0. The molecule has 0 radical (unpaired) electrons. The van der Waals surface area contributed by atoms with E-state index in [9.17, 15) is 4.79 Å². The Morgan fingerprint density at radius 3 is 3.04 bits per heavy atom. The van der Waals surface area contributed by atoms with E-state index < -0.39 is 0 Å². The van der Waals surface area contributed by atoms with Crippen LogP contribution in [0.15, 0.2) is 36.4 Å². The van der Waals surface area contributed by atoms with E-state index in [-0.39, 0.29) is 11.9 Å². The molecule has 2 aromatic rings. The van der Waals surface area contributed by atoms with E-state index >= 15 is 0 Å². The Morgan fingerprint density at radius 2 is 2.20 bits per heavy atom. The van der Waals surface area contributed by atoms with Crippen molar-refractivity contribution in [3.8, 4) is 17.0 Å². The van der Waals surface area contributed by atoms with Gasteiger partial charge < -0.3 is 15.8 Å². The van der Waals surface area contributed by atoms with Crippen LogP contribution < -0.4 is 15.8 Å². The third kappa shape index (κ3) is 3.51. The number of anilines is 1. The monoisotopic (exact) mass is 337 g/mol. The van der Waals surface area contributed by atoms with Crippen LogP contribution in [0.2, 0.25) is 0 Å². The molecular formula is C20H23N3O2. The standard InChI is InChI=1S/C20H23N3O2/c21-16-4-1-3-13(16)12-20(24)23-19-6-2-5-17(22-19)14-7-8-18-15(11-14)9-10-25-18/h2,5-8,11,13,16H,1,3-4,9-10,12,21H2,(H,22,23,24)/t13-,16+/m0/s1. The molecule has 25 heavy (non-hydrogen) atoms. The summed E-state index contributed by atoms with van der Waals surface area (Å²) in [4.78, 5) is 16.9. The number of aromatic nitrogens is 1. The van der Waals surface area contributed by atoms with Crippen LogP contribution in [0.5, 0.6) is 5.75 Å². The second kappa shape index (κ2) is 6.84. The lowest BCUT2D eigenvalue weighted by molar-refractivity contribution is -0.117. The molecule has 1 amide bonds. The zero-order valence-electron chi connectivity index (χ0n) is 14.2. The van der Waals surface area contributed by atoms with Gasteiger partial charge in [0.05, 0.1) is 12.3 Å². The van der Waals surface area contributed by atoms with Gasteiger partial charge in [0.2, 0.25) is 5.91 Å². The van der Waals surface area contributed by atoms with Gasteiger partial charge in [-0.15, -0.1) is 0 Å². The largest absolute Gasteiger partial charge is 0.493 e. The predicted octanol–water partition coefficient (Wildman–Crippen LogP) is 3.14. The molecule has 2 aliphatic rings. The summed E-state index contributed by atoms with van der Waals surface area (Å²) < 4.78 is 5.55. The first kappa shape index (κ1) is 16.1. The molecule has 0 unspecified atom stereocenters. The summed E-state index contributed by atoms with van der Waals surface area (Å²) in [6, 6.07) is 12.0. The van der Waals surface area contributed by atoms with Crippen LogP contribution in [0.4, 0.5) is 5.82 Å². The van der Waals surface area contributed by atoms with Crippen molar-refractivity contribution in [2.45, 2.75) is 38.1 Å². The predicted molar refractivity (Wildman–Crippen MR) is 97.4 cm³/mol. The minimum Gasteiger partial charge on any atom is -0.493 e. The van der Waals surface area contributed by atoms with E-state index in [1.165, 1.54) is 5.56 Å². The maximum absolute atomic E-state index is 12.3. The van der Waals surface area contributed by atoms with Gasteiger partial charge in [0, 0.05) is 24.4 Å². The Morgan fingerprint density at radius 1 is 1.28 bits per heavy atom. The van der Waals surface area contributed by atoms with Gasteiger partial charge in [0.25, 0.3) is 0 Å². The number of nitrogens with zero attached hydrogens (tertiary/aromatic N) is 1. The van der Waals surface area contributed by atoms with Crippen LogP contribution in [-0.2, 0) is 11.2 Å². The first-order valence-electron chi connectivity index (χ1n) is 8.97. The lowest BCUT2D eigenvalue weighted by Crippen LogP contribution is -2.28. The third-order valence-electron chi connectivity index (χ3n) is 5.17. The summed E-state index contributed by atoms with van der Waals surface area (Å²) in [5.41, 5.74) is 9.16. The van der Waals surface area contributed by atoms with Gasteiger partial charge in [0.15, 0.2) is 0 Å². The maximum atomic E-state index is 12.3. The molecule has 2 atom stereocenters. The van der Waals surface area contributed by atoms with Gasteiger partial charge in [0.1, 0.15) is 11.6 Å². The molecule has 130 valence electrons. The number of benzene rings is 1. The van der Waals surface area contributed by atoms with Gasteiger partial charge >= 0.3 is 0 Å². The van der Waals surface area contributed by atoms with E-state index in [0.717, 1.165) is 49.3 Å². The lowest BCUT2D eigenvalue weighted by Gasteiger charge is -2.14. The number of rotatable bonds is 4. The van der Waals surface area contributed by atoms with E-state index in [1.807, 2.05) is 30.3 Å². The second-order valence-corrected chi connectivity index (χ2v) is 6.94. The number of carbonyl (C=O) groups excluding carboxylic acids is 1. The number of amides is 1. The van der Waals surface area contributed by atoms with Crippen molar-refractivity contribution < 1.29 is 9.53 Å². The minimum absolute atomic E-state index is 0.00523. The zero-order valence-corrected chi connectivity index (χ0v) is 14.2. The van der Waals surface area contributed by atoms with Crippen molar-refractivity contribution in [1.29, 1.82) is 0 Å². The number of fused-ring (bicyclic) bond motifs is 1. The molecule has 5 heteroatoms. The van der Waals surface area contributed by atoms with Crippen LogP contribution in [0, 0.1) is 5.92 Å². The fourth-order valence-corrected chi connectivity index (χ4v) is 3.76. The van der Waals surface area contributed by atoms with Gasteiger partial charge in [-0.3, -0.25) is 4.79 Å². The number of nitrogens with one attached hydrogen (secondary N) is 1. The summed E-state index contributed by atoms with van der Waals surface area (Å²) in [6.45, 7) is 0.742. The number of hydrogen-bond donors (Lipinski definition) is 2. The third-order valence-corrected chi connectivity index (χ3v) is 5.17. The van der Waals surface area contributed by atoms with Gasteiger partial charge in [-0.2, -0.15) is 0 Å². The lowest BCUT2D eigenvalue weighted by atomic mass is 10.00. The smallest absolute Gasteiger partial charge is 0.225 e. The first-order chi connectivity index (χ1) is 12.2. The van der Waals surface area contributed by atoms with Gasteiger partial charge in [-0.1, -0.05) is 12.5 Å². The molecule has 1 aliphatic carbocycles. The van der Waals surface area contributed by atoms with E-state index in [4.69, 9.17) is 10.5 Å². The Hall–Kier alpha value is -2.40. The highest BCUT2D eigenvalue weighted by atomic mass is 16.5. The Labute approximate surface area is 147 Å². The molecule has 2 heterocycles. The molecule has 4 rings (SSSR count). The molecule has 1 aliphatic heterocycles. The number of nitrogens with two attached hydrogens (primary N) is 1. The summed E-state index contributed by atoms with van der Waals surface area (Å²) in [5, 5.41) is 2.92. The number of pyridine rings is 1. The molecule has 1 saturated carbocycles. The Bertz CT molecular complexity index is 790. The Balaban J connectivity index is 1.47. The van der Waals surface area contributed by atoms with Crippen LogP contribution >= 0.6 is 0 Å². The maximum Gasteiger partial charge on any atom is 0.225 e. The van der Waals surface area contributed by atoms with Crippen molar-refractivity contribution in [2.75, 3.05) is 11.9 Å². The van der Waals surface area contributed by atoms with Crippen LogP contribution in [0.25, 0.3) is 11.3 Å². The highest BCUT2D eigenvalue weighted by molar-refractivity contribution is 5.90. The first-order valence-corrected chi connectivity index (χ1v) is 8.97. The average Bonchev–Trinajstić information content (AvgIpc) is 3.23. The summed E-state index contributed by atoms with van der Waals surface area (Å²) in [7, 11) is 0. The molecule has 5 nitrogen and oxygen atoms in total. The Kier molecular flexibility index (Phi) is 4.40. The molecular weight excluding hydrogens is 314 g/mol. The minimum atomic E-state index is -0.00523. The fourth-order valence-electron chi connectivity index (χ4n) is 3.76. The summed E-state index contributed by atoms with van der Waals surface area (Å²) in [5.74, 6) is 1.83. The molecule has 1 aromatic heterocycles. The molecule has 1 fully saturated rings. The van der Waals surface area contributed by atoms with Crippen molar-refractivity contribution >= 4 is 11.7 Å². The van der Waals surface area contributed by atoms with Crippen LogP contribution in [0.3, 0.4) is 0 Å².